The van der Waals surface area contributed by atoms with Crippen LogP contribution in [0.15, 0.2) is 22.7 Å². The summed E-state index contributed by atoms with van der Waals surface area (Å²) in [5, 5.41) is 9.25. The van der Waals surface area contributed by atoms with Gasteiger partial charge in [-0.15, -0.1) is 0 Å². The van der Waals surface area contributed by atoms with E-state index in [1.807, 2.05) is 13.8 Å². The van der Waals surface area contributed by atoms with E-state index in [1.54, 1.807) is 11.0 Å². The van der Waals surface area contributed by atoms with Crippen LogP contribution in [-0.2, 0) is 4.74 Å². The fraction of sp³-hybridized carbons (Fsp3) is 0.500. The largest absolute Gasteiger partial charge is 0.394 e. The number of aliphatic hydroxyl groups excluding tert-OH is 1. The zero-order valence-corrected chi connectivity index (χ0v) is 13.0. The molecule has 1 atom stereocenters. The molecule has 1 fully saturated rings. The maximum atomic E-state index is 13.4. The van der Waals surface area contributed by atoms with Crippen LogP contribution >= 0.6 is 15.9 Å². The average Bonchev–Trinajstić information content (AvgIpc) is 2.34. The third-order valence-electron chi connectivity index (χ3n) is 3.08. The molecule has 1 aromatic carbocycles. The predicted octanol–water partition coefficient (Wildman–Crippen LogP) is 2.20. The Bertz CT molecular complexity index is 501. The Morgan fingerprint density at radius 1 is 1.55 bits per heavy atom. The third kappa shape index (κ3) is 3.56. The zero-order valence-electron chi connectivity index (χ0n) is 11.4. The number of ether oxygens (including phenoxy) is 1. The zero-order chi connectivity index (χ0) is 14.9. The van der Waals surface area contributed by atoms with Crippen molar-refractivity contribution in [3.05, 3.63) is 34.1 Å². The van der Waals surface area contributed by atoms with Gasteiger partial charge in [-0.3, -0.25) is 4.79 Å². The van der Waals surface area contributed by atoms with E-state index in [1.165, 1.54) is 12.1 Å². The Hall–Kier alpha value is -0.980. The number of carbonyl (C=O) groups is 1. The van der Waals surface area contributed by atoms with E-state index in [0.29, 0.717) is 17.6 Å². The molecule has 0 bridgehead atoms. The number of amides is 1. The fourth-order valence-corrected chi connectivity index (χ4v) is 2.87. The van der Waals surface area contributed by atoms with Crippen molar-refractivity contribution in [2.45, 2.75) is 25.6 Å². The van der Waals surface area contributed by atoms with Gasteiger partial charge < -0.3 is 14.7 Å². The second-order valence-electron chi connectivity index (χ2n) is 5.53. The van der Waals surface area contributed by atoms with Gasteiger partial charge in [-0.1, -0.05) is 15.9 Å². The lowest BCUT2D eigenvalue weighted by atomic mass is 10.0. The molecule has 1 aliphatic rings. The van der Waals surface area contributed by atoms with E-state index < -0.39 is 17.5 Å². The van der Waals surface area contributed by atoms with Gasteiger partial charge in [0.2, 0.25) is 0 Å². The summed E-state index contributed by atoms with van der Waals surface area (Å²) in [4.78, 5) is 14.0. The smallest absolute Gasteiger partial charge is 0.254 e. The minimum absolute atomic E-state index is 0.153. The van der Waals surface area contributed by atoms with Gasteiger partial charge in [-0.05, 0) is 32.0 Å². The van der Waals surface area contributed by atoms with E-state index in [2.05, 4.69) is 15.9 Å². The van der Waals surface area contributed by atoms with Gasteiger partial charge in [0.25, 0.3) is 5.91 Å². The molecule has 1 unspecified atom stereocenters. The van der Waals surface area contributed by atoms with Crippen molar-refractivity contribution in [1.82, 2.24) is 4.90 Å². The van der Waals surface area contributed by atoms with Crippen molar-refractivity contribution >= 4 is 21.8 Å². The minimum atomic E-state index is -0.536. The topological polar surface area (TPSA) is 49.8 Å². The molecule has 0 saturated carbocycles. The van der Waals surface area contributed by atoms with Gasteiger partial charge in [0.05, 0.1) is 18.3 Å². The highest BCUT2D eigenvalue weighted by molar-refractivity contribution is 9.10. The van der Waals surface area contributed by atoms with Gasteiger partial charge in [0.1, 0.15) is 5.82 Å². The number of hydrogen-bond donors (Lipinski definition) is 1. The van der Waals surface area contributed by atoms with Crippen LogP contribution in [0.3, 0.4) is 0 Å². The van der Waals surface area contributed by atoms with Crippen molar-refractivity contribution in [3.63, 3.8) is 0 Å². The van der Waals surface area contributed by atoms with Crippen LogP contribution in [0.5, 0.6) is 0 Å². The number of carbonyl (C=O) groups excluding carboxylic acids is 1. The number of morpholine rings is 1. The number of halogens is 2. The molecule has 6 heteroatoms. The lowest BCUT2D eigenvalue weighted by Crippen LogP contribution is -2.55. The number of rotatable bonds is 2. The Kier molecular flexibility index (Phi) is 4.46. The van der Waals surface area contributed by atoms with Gasteiger partial charge in [0, 0.05) is 23.1 Å². The van der Waals surface area contributed by atoms with Crippen molar-refractivity contribution in [2.75, 3.05) is 19.7 Å². The number of benzene rings is 1. The summed E-state index contributed by atoms with van der Waals surface area (Å²) in [5.41, 5.74) is -0.252. The van der Waals surface area contributed by atoms with Crippen molar-refractivity contribution in [2.24, 2.45) is 0 Å². The van der Waals surface area contributed by atoms with Crippen LogP contribution in [0.25, 0.3) is 0 Å². The summed E-state index contributed by atoms with van der Waals surface area (Å²) in [6, 6.07) is 4.10. The predicted molar refractivity (Wildman–Crippen MR) is 76.0 cm³/mol. The maximum Gasteiger partial charge on any atom is 0.254 e. The summed E-state index contributed by atoms with van der Waals surface area (Å²) in [7, 11) is 0. The summed E-state index contributed by atoms with van der Waals surface area (Å²) >= 11 is 3.18. The molecule has 0 aliphatic carbocycles. The van der Waals surface area contributed by atoms with Crippen LogP contribution in [-0.4, -0.2) is 47.3 Å². The molecular weight excluding hydrogens is 329 g/mol. The summed E-state index contributed by atoms with van der Waals surface area (Å²) < 4.78 is 19.6. The monoisotopic (exact) mass is 345 g/mol. The fourth-order valence-electron chi connectivity index (χ4n) is 2.41. The van der Waals surface area contributed by atoms with Crippen molar-refractivity contribution in [1.29, 1.82) is 0 Å². The normalized spacial score (nSPS) is 21.9. The standard InChI is InChI=1S/C14H17BrFNO3/c1-14(2)8-17(6-12(7-18)20-14)13(19)9-3-10(15)5-11(16)4-9/h3-5,12,18H,6-8H2,1-2H3. The van der Waals surface area contributed by atoms with E-state index in [-0.39, 0.29) is 18.1 Å². The second-order valence-corrected chi connectivity index (χ2v) is 6.44. The first-order valence-corrected chi connectivity index (χ1v) is 7.14. The first-order valence-electron chi connectivity index (χ1n) is 6.35. The van der Waals surface area contributed by atoms with E-state index >= 15 is 0 Å². The first-order chi connectivity index (χ1) is 9.30. The molecule has 1 aliphatic heterocycles. The Labute approximate surface area is 125 Å². The molecule has 2 rings (SSSR count). The molecule has 1 aromatic rings. The molecule has 1 saturated heterocycles. The Morgan fingerprint density at radius 2 is 2.25 bits per heavy atom. The number of aliphatic hydroxyl groups is 1. The maximum absolute atomic E-state index is 13.4. The number of hydrogen-bond acceptors (Lipinski definition) is 3. The van der Waals surface area contributed by atoms with E-state index in [0.717, 1.165) is 0 Å². The molecule has 4 nitrogen and oxygen atoms in total. The van der Waals surface area contributed by atoms with E-state index in [4.69, 9.17) is 4.74 Å². The van der Waals surface area contributed by atoms with Crippen LogP contribution in [0.4, 0.5) is 4.39 Å². The molecule has 0 spiro atoms. The summed E-state index contributed by atoms with van der Waals surface area (Å²) in [6.45, 7) is 4.26. The second kappa shape index (κ2) is 5.79. The van der Waals surface area contributed by atoms with Crippen LogP contribution < -0.4 is 0 Å². The molecule has 110 valence electrons. The average molecular weight is 346 g/mol. The van der Waals surface area contributed by atoms with Gasteiger partial charge in [-0.2, -0.15) is 0 Å². The van der Waals surface area contributed by atoms with Crippen molar-refractivity contribution in [3.8, 4) is 0 Å². The van der Waals surface area contributed by atoms with Gasteiger partial charge in [-0.25, -0.2) is 4.39 Å². The molecule has 1 heterocycles. The lowest BCUT2D eigenvalue weighted by molar-refractivity contribution is -0.139. The summed E-state index contributed by atoms with van der Waals surface area (Å²) in [5.74, 6) is -0.728. The first kappa shape index (κ1) is 15.4. The Morgan fingerprint density at radius 3 is 2.85 bits per heavy atom. The van der Waals surface area contributed by atoms with Gasteiger partial charge in [0.15, 0.2) is 0 Å². The molecule has 1 amide bonds. The molecule has 1 N–H and O–H groups in total. The minimum Gasteiger partial charge on any atom is -0.394 e. The van der Waals surface area contributed by atoms with Crippen LogP contribution in [0.2, 0.25) is 0 Å². The SMILES string of the molecule is CC1(C)CN(C(=O)c2cc(F)cc(Br)c2)CC(CO)O1. The molecular formula is C14H17BrFNO3. The van der Waals surface area contributed by atoms with Crippen molar-refractivity contribution < 1.29 is 19.0 Å². The van der Waals surface area contributed by atoms with Crippen LogP contribution in [0, 0.1) is 5.82 Å². The molecule has 0 radical (unpaired) electrons. The quantitative estimate of drug-likeness (QED) is 0.893. The molecule has 0 aromatic heterocycles. The highest BCUT2D eigenvalue weighted by Gasteiger charge is 2.35. The highest BCUT2D eigenvalue weighted by atomic mass is 79.9. The molecule has 20 heavy (non-hydrogen) atoms. The third-order valence-corrected chi connectivity index (χ3v) is 3.54. The highest BCUT2D eigenvalue weighted by Crippen LogP contribution is 2.23. The van der Waals surface area contributed by atoms with Gasteiger partial charge >= 0.3 is 0 Å². The number of nitrogens with zero attached hydrogens (tertiary/aromatic N) is 1. The van der Waals surface area contributed by atoms with E-state index in [9.17, 15) is 14.3 Å². The summed E-state index contributed by atoms with van der Waals surface area (Å²) in [6.07, 6.45) is -0.417. The van der Waals surface area contributed by atoms with Crippen LogP contribution in [0.1, 0.15) is 24.2 Å². The Balaban J connectivity index is 2.23. The lowest BCUT2D eigenvalue weighted by Gasteiger charge is -2.42.